The highest BCUT2D eigenvalue weighted by atomic mass is 32.1. The van der Waals surface area contributed by atoms with Gasteiger partial charge in [-0.25, -0.2) is 0 Å². The molecule has 3 nitrogen and oxygen atoms in total. The molecule has 0 saturated carbocycles. The maximum absolute atomic E-state index is 11.9. The van der Waals surface area contributed by atoms with Crippen molar-refractivity contribution < 1.29 is 9.53 Å². The fourth-order valence-electron chi connectivity index (χ4n) is 1.79. The third-order valence-corrected chi connectivity index (χ3v) is 3.91. The molecule has 0 fully saturated rings. The Hall–Kier alpha value is -1.81. The van der Waals surface area contributed by atoms with Crippen LogP contribution in [0.15, 0.2) is 41.8 Å². The number of benzene rings is 1. The van der Waals surface area contributed by atoms with Gasteiger partial charge in [-0.2, -0.15) is 0 Å². The number of carbonyl (C=O) groups is 1. The maximum atomic E-state index is 11.9. The molecule has 0 bridgehead atoms. The summed E-state index contributed by atoms with van der Waals surface area (Å²) >= 11 is 1.63. The Bertz CT molecular complexity index is 534. The third-order valence-electron chi connectivity index (χ3n) is 3.03. The molecule has 2 aromatic rings. The molecule has 1 atom stereocenters. The van der Waals surface area contributed by atoms with E-state index in [1.165, 1.54) is 5.56 Å². The van der Waals surface area contributed by atoms with Crippen molar-refractivity contribution in [2.75, 3.05) is 0 Å². The summed E-state index contributed by atoms with van der Waals surface area (Å²) in [5.41, 5.74) is 1.26. The number of aryl methyl sites for hydroxylation is 1. The van der Waals surface area contributed by atoms with Crippen molar-refractivity contribution in [1.29, 1.82) is 0 Å². The molecule has 0 radical (unpaired) electrons. The quantitative estimate of drug-likeness (QED) is 0.885. The van der Waals surface area contributed by atoms with Gasteiger partial charge < -0.3 is 10.1 Å². The minimum Gasteiger partial charge on any atom is -0.481 e. The first kappa shape index (κ1) is 14.6. The van der Waals surface area contributed by atoms with Crippen LogP contribution in [0.4, 0.5) is 0 Å². The van der Waals surface area contributed by atoms with Crippen LogP contribution in [0.5, 0.6) is 5.75 Å². The number of hydrogen-bond acceptors (Lipinski definition) is 3. The molecule has 0 aliphatic heterocycles. The maximum Gasteiger partial charge on any atom is 0.261 e. The Kier molecular flexibility index (Phi) is 5.18. The van der Waals surface area contributed by atoms with Crippen LogP contribution in [0, 0.1) is 0 Å². The van der Waals surface area contributed by atoms with Gasteiger partial charge in [0.05, 0.1) is 6.54 Å². The van der Waals surface area contributed by atoms with Crippen LogP contribution in [0.1, 0.15) is 24.3 Å². The van der Waals surface area contributed by atoms with E-state index in [9.17, 15) is 4.79 Å². The van der Waals surface area contributed by atoms with Crippen molar-refractivity contribution in [2.24, 2.45) is 0 Å². The molecule has 0 spiro atoms. The van der Waals surface area contributed by atoms with E-state index in [0.29, 0.717) is 6.54 Å². The van der Waals surface area contributed by atoms with Gasteiger partial charge in [0.25, 0.3) is 5.91 Å². The van der Waals surface area contributed by atoms with Crippen LogP contribution in [0.25, 0.3) is 0 Å². The van der Waals surface area contributed by atoms with Crippen molar-refractivity contribution >= 4 is 17.2 Å². The van der Waals surface area contributed by atoms with Gasteiger partial charge >= 0.3 is 0 Å². The highest BCUT2D eigenvalue weighted by Crippen LogP contribution is 2.14. The zero-order chi connectivity index (χ0) is 14.4. The molecule has 1 amide bonds. The molecule has 1 heterocycles. The van der Waals surface area contributed by atoms with Gasteiger partial charge in [0, 0.05) is 4.88 Å². The average molecular weight is 289 g/mol. The van der Waals surface area contributed by atoms with E-state index in [1.54, 1.807) is 18.3 Å². The molecular formula is C16H19NO2S. The molecule has 0 aliphatic rings. The third kappa shape index (κ3) is 4.10. The zero-order valence-electron chi connectivity index (χ0n) is 11.8. The predicted octanol–water partition coefficient (Wildman–Crippen LogP) is 3.39. The molecule has 0 saturated heterocycles. The molecular weight excluding hydrogens is 270 g/mol. The highest BCUT2D eigenvalue weighted by Gasteiger charge is 2.14. The Morgan fingerprint density at radius 3 is 2.65 bits per heavy atom. The lowest BCUT2D eigenvalue weighted by molar-refractivity contribution is -0.127. The number of rotatable bonds is 6. The zero-order valence-corrected chi connectivity index (χ0v) is 12.6. The molecule has 20 heavy (non-hydrogen) atoms. The topological polar surface area (TPSA) is 38.3 Å². The molecule has 1 aromatic carbocycles. The Balaban J connectivity index is 1.83. The second-order valence-electron chi connectivity index (χ2n) is 4.55. The van der Waals surface area contributed by atoms with Gasteiger partial charge in [-0.3, -0.25) is 4.79 Å². The number of amides is 1. The van der Waals surface area contributed by atoms with Crippen molar-refractivity contribution in [3.8, 4) is 5.75 Å². The SMILES string of the molecule is CCc1ccc(O[C@H](C)C(=O)NCc2cccs2)cc1. The van der Waals surface area contributed by atoms with Crippen LogP contribution in [0.2, 0.25) is 0 Å². The molecule has 0 aliphatic carbocycles. The fraction of sp³-hybridized carbons (Fsp3) is 0.312. The number of ether oxygens (including phenoxy) is 1. The van der Waals surface area contributed by atoms with E-state index in [4.69, 9.17) is 4.74 Å². The van der Waals surface area contributed by atoms with Gasteiger partial charge in [-0.15, -0.1) is 11.3 Å². The lowest BCUT2D eigenvalue weighted by Crippen LogP contribution is -2.35. The summed E-state index contributed by atoms with van der Waals surface area (Å²) in [6, 6.07) is 11.8. The average Bonchev–Trinajstić information content (AvgIpc) is 2.98. The van der Waals surface area contributed by atoms with Crippen LogP contribution in [-0.4, -0.2) is 12.0 Å². The Morgan fingerprint density at radius 1 is 1.30 bits per heavy atom. The van der Waals surface area contributed by atoms with Crippen LogP contribution >= 0.6 is 11.3 Å². The Labute approximate surface area is 123 Å². The minimum atomic E-state index is -0.498. The molecule has 4 heteroatoms. The van der Waals surface area contributed by atoms with E-state index in [1.807, 2.05) is 41.8 Å². The normalized spacial score (nSPS) is 11.9. The largest absolute Gasteiger partial charge is 0.481 e. The summed E-state index contributed by atoms with van der Waals surface area (Å²) in [4.78, 5) is 13.1. The second-order valence-corrected chi connectivity index (χ2v) is 5.59. The number of carbonyl (C=O) groups excluding carboxylic acids is 1. The summed E-state index contributed by atoms with van der Waals surface area (Å²) in [7, 11) is 0. The Morgan fingerprint density at radius 2 is 2.05 bits per heavy atom. The van der Waals surface area contributed by atoms with Gasteiger partial charge in [0.15, 0.2) is 6.10 Å². The molecule has 0 unspecified atom stereocenters. The van der Waals surface area contributed by atoms with Crippen LogP contribution in [0.3, 0.4) is 0 Å². The number of hydrogen-bond donors (Lipinski definition) is 1. The van der Waals surface area contributed by atoms with Crippen molar-refractivity contribution in [2.45, 2.75) is 32.9 Å². The molecule has 1 aromatic heterocycles. The minimum absolute atomic E-state index is 0.0991. The molecule has 2 rings (SSSR count). The second kappa shape index (κ2) is 7.10. The lowest BCUT2D eigenvalue weighted by Gasteiger charge is -2.14. The fourth-order valence-corrected chi connectivity index (χ4v) is 2.44. The predicted molar refractivity (Wildman–Crippen MR) is 82.1 cm³/mol. The summed E-state index contributed by atoms with van der Waals surface area (Å²) in [6.07, 6.45) is 0.499. The first-order chi connectivity index (χ1) is 9.69. The van der Waals surface area contributed by atoms with Crippen LogP contribution < -0.4 is 10.1 Å². The van der Waals surface area contributed by atoms with Gasteiger partial charge in [0.1, 0.15) is 5.75 Å². The molecule has 1 N–H and O–H groups in total. The first-order valence-electron chi connectivity index (χ1n) is 6.74. The smallest absolute Gasteiger partial charge is 0.261 e. The summed E-state index contributed by atoms with van der Waals surface area (Å²) in [5, 5.41) is 4.87. The van der Waals surface area contributed by atoms with Crippen molar-refractivity contribution in [3.63, 3.8) is 0 Å². The van der Waals surface area contributed by atoms with E-state index in [2.05, 4.69) is 12.2 Å². The number of nitrogens with one attached hydrogen (secondary N) is 1. The van der Waals surface area contributed by atoms with E-state index in [-0.39, 0.29) is 5.91 Å². The lowest BCUT2D eigenvalue weighted by atomic mass is 10.2. The summed E-state index contributed by atoms with van der Waals surface area (Å²) in [6.45, 7) is 4.42. The van der Waals surface area contributed by atoms with E-state index in [0.717, 1.165) is 17.0 Å². The van der Waals surface area contributed by atoms with Gasteiger partial charge in [-0.05, 0) is 42.5 Å². The summed E-state index contributed by atoms with van der Waals surface area (Å²) < 4.78 is 5.64. The standard InChI is InChI=1S/C16H19NO2S/c1-3-13-6-8-14(9-7-13)19-12(2)16(18)17-11-15-5-4-10-20-15/h4-10,12H,3,11H2,1-2H3,(H,17,18)/t12-/m1/s1. The molecule has 106 valence electrons. The van der Waals surface area contributed by atoms with Gasteiger partial charge in [-0.1, -0.05) is 25.1 Å². The van der Waals surface area contributed by atoms with Crippen molar-refractivity contribution in [1.82, 2.24) is 5.32 Å². The number of thiophene rings is 1. The first-order valence-corrected chi connectivity index (χ1v) is 7.62. The monoisotopic (exact) mass is 289 g/mol. The van der Waals surface area contributed by atoms with Gasteiger partial charge in [0.2, 0.25) is 0 Å². The highest BCUT2D eigenvalue weighted by molar-refractivity contribution is 7.09. The van der Waals surface area contributed by atoms with E-state index < -0.39 is 6.10 Å². The van der Waals surface area contributed by atoms with Crippen molar-refractivity contribution in [3.05, 3.63) is 52.2 Å². The summed E-state index contributed by atoms with van der Waals surface area (Å²) in [5.74, 6) is 0.624. The van der Waals surface area contributed by atoms with E-state index >= 15 is 0 Å². The van der Waals surface area contributed by atoms with Crippen LogP contribution in [-0.2, 0) is 17.8 Å².